The number of rotatable bonds is 6. The number of amides is 1. The molecule has 18 heavy (non-hydrogen) atoms. The highest BCUT2D eigenvalue weighted by Gasteiger charge is 2.16. The van der Waals surface area contributed by atoms with Gasteiger partial charge in [-0.3, -0.25) is 4.79 Å². The van der Waals surface area contributed by atoms with Gasteiger partial charge in [0.05, 0.1) is 6.26 Å². The predicted molar refractivity (Wildman–Crippen MR) is 76.8 cm³/mol. The Morgan fingerprint density at radius 3 is 2.78 bits per heavy atom. The second-order valence-corrected chi connectivity index (χ2v) is 7.04. The first-order chi connectivity index (χ1) is 8.37. The summed E-state index contributed by atoms with van der Waals surface area (Å²) in [4.78, 5) is 12.0. The second kappa shape index (κ2) is 6.98. The Morgan fingerprint density at radius 2 is 2.22 bits per heavy atom. The number of hydrogen-bond acceptors (Lipinski definition) is 2. The van der Waals surface area contributed by atoms with Gasteiger partial charge in [0.15, 0.2) is 0 Å². The molecular formula is C14H22BrNO2. The van der Waals surface area contributed by atoms with Crippen molar-refractivity contribution in [2.45, 2.75) is 44.9 Å². The Kier molecular flexibility index (Phi) is 5.93. The normalized spacial score (nSPS) is 13.3. The van der Waals surface area contributed by atoms with Gasteiger partial charge in [0, 0.05) is 24.2 Å². The van der Waals surface area contributed by atoms with Gasteiger partial charge in [-0.25, -0.2) is 0 Å². The van der Waals surface area contributed by atoms with Gasteiger partial charge >= 0.3 is 0 Å². The van der Waals surface area contributed by atoms with Crippen LogP contribution in [-0.2, 0) is 11.2 Å². The van der Waals surface area contributed by atoms with Gasteiger partial charge in [-0.15, -0.1) is 0 Å². The highest BCUT2D eigenvalue weighted by atomic mass is 79.9. The van der Waals surface area contributed by atoms with Crippen molar-refractivity contribution in [2.75, 3.05) is 6.54 Å². The van der Waals surface area contributed by atoms with E-state index in [-0.39, 0.29) is 11.3 Å². The first-order valence-corrected chi connectivity index (χ1v) is 7.21. The van der Waals surface area contributed by atoms with E-state index in [9.17, 15) is 4.79 Å². The number of aryl methyl sites for hydroxylation is 1. The molecular weight excluding hydrogens is 294 g/mol. The maximum atomic E-state index is 11.6. The fraction of sp³-hybridized carbons (Fsp3) is 0.643. The Bertz CT molecular complexity index is 354. The molecule has 0 aliphatic heterocycles. The monoisotopic (exact) mass is 315 g/mol. The van der Waals surface area contributed by atoms with Crippen LogP contribution in [0.25, 0.3) is 0 Å². The molecule has 1 N–H and O–H groups in total. The van der Waals surface area contributed by atoms with Crippen molar-refractivity contribution < 1.29 is 9.21 Å². The van der Waals surface area contributed by atoms with E-state index in [1.54, 1.807) is 6.26 Å². The molecule has 0 fully saturated rings. The maximum Gasteiger partial charge on any atom is 0.220 e. The van der Waals surface area contributed by atoms with Crippen molar-refractivity contribution in [2.24, 2.45) is 5.41 Å². The van der Waals surface area contributed by atoms with Crippen molar-refractivity contribution in [1.82, 2.24) is 5.32 Å². The summed E-state index contributed by atoms with van der Waals surface area (Å²) in [7, 11) is 0. The molecule has 0 saturated carbocycles. The lowest BCUT2D eigenvalue weighted by molar-refractivity contribution is -0.121. The second-order valence-electron chi connectivity index (χ2n) is 5.75. The van der Waals surface area contributed by atoms with Crippen molar-refractivity contribution >= 4 is 21.8 Å². The molecule has 1 unspecified atom stereocenters. The third kappa shape index (κ3) is 6.84. The molecule has 0 spiro atoms. The molecule has 1 rings (SSSR count). The lowest BCUT2D eigenvalue weighted by atomic mass is 9.90. The van der Waals surface area contributed by atoms with Crippen LogP contribution >= 0.6 is 15.9 Å². The van der Waals surface area contributed by atoms with Gasteiger partial charge in [-0.05, 0) is 24.0 Å². The highest BCUT2D eigenvalue weighted by molar-refractivity contribution is 9.09. The van der Waals surface area contributed by atoms with Crippen LogP contribution in [0.3, 0.4) is 0 Å². The molecule has 102 valence electrons. The van der Waals surface area contributed by atoms with Crippen molar-refractivity contribution in [3.8, 4) is 0 Å². The molecule has 3 nitrogen and oxygen atoms in total. The average molecular weight is 316 g/mol. The van der Waals surface area contributed by atoms with E-state index in [0.717, 1.165) is 12.2 Å². The molecule has 1 aromatic rings. The van der Waals surface area contributed by atoms with Crippen LogP contribution in [0.4, 0.5) is 0 Å². The topological polar surface area (TPSA) is 42.2 Å². The first kappa shape index (κ1) is 15.3. The maximum absolute atomic E-state index is 11.6. The van der Waals surface area contributed by atoms with Gasteiger partial charge in [0.1, 0.15) is 5.76 Å². The smallest absolute Gasteiger partial charge is 0.220 e. The van der Waals surface area contributed by atoms with Crippen molar-refractivity contribution in [3.05, 3.63) is 24.2 Å². The molecule has 1 aromatic heterocycles. The molecule has 0 bridgehead atoms. The molecule has 0 aliphatic rings. The predicted octanol–water partition coefficient (Wildman–Crippen LogP) is 3.53. The summed E-state index contributed by atoms with van der Waals surface area (Å²) < 4.78 is 5.19. The van der Waals surface area contributed by atoms with E-state index in [1.807, 2.05) is 12.1 Å². The molecule has 0 radical (unpaired) electrons. The van der Waals surface area contributed by atoms with Crippen LogP contribution in [0, 0.1) is 5.41 Å². The molecule has 0 aliphatic carbocycles. The zero-order valence-electron chi connectivity index (χ0n) is 11.3. The summed E-state index contributed by atoms with van der Waals surface area (Å²) in [5.74, 6) is 0.931. The number of carbonyl (C=O) groups is 1. The third-order valence-electron chi connectivity index (χ3n) is 2.53. The highest BCUT2D eigenvalue weighted by Crippen LogP contribution is 2.24. The summed E-state index contributed by atoms with van der Waals surface area (Å²) in [6.45, 7) is 7.26. The van der Waals surface area contributed by atoms with Gasteiger partial charge in [0.25, 0.3) is 0 Å². The molecule has 1 amide bonds. The van der Waals surface area contributed by atoms with E-state index in [4.69, 9.17) is 4.42 Å². The summed E-state index contributed by atoms with van der Waals surface area (Å²) in [6.07, 6.45) is 3.80. The fourth-order valence-electron chi connectivity index (χ4n) is 1.74. The summed E-state index contributed by atoms with van der Waals surface area (Å²) >= 11 is 3.60. The number of carbonyl (C=O) groups excluding carboxylic acids is 1. The summed E-state index contributed by atoms with van der Waals surface area (Å²) in [5.41, 5.74) is 0.271. The first-order valence-electron chi connectivity index (χ1n) is 6.30. The molecule has 1 atom stereocenters. The van der Waals surface area contributed by atoms with Crippen LogP contribution in [0.2, 0.25) is 0 Å². The van der Waals surface area contributed by atoms with Crippen LogP contribution in [-0.4, -0.2) is 17.3 Å². The Hall–Kier alpha value is -0.770. The van der Waals surface area contributed by atoms with Crippen LogP contribution < -0.4 is 5.32 Å². The number of hydrogen-bond donors (Lipinski definition) is 1. The quantitative estimate of drug-likeness (QED) is 0.816. The minimum Gasteiger partial charge on any atom is -0.469 e. The zero-order valence-corrected chi connectivity index (χ0v) is 12.9. The van der Waals surface area contributed by atoms with E-state index >= 15 is 0 Å². The standard InChI is InChI=1S/C14H22BrNO2/c1-14(2,3)9-11(15)10-16-13(17)7-6-12-5-4-8-18-12/h4-5,8,11H,6-7,9-10H2,1-3H3,(H,16,17). The molecule has 1 heterocycles. The third-order valence-corrected chi connectivity index (χ3v) is 3.18. The fourth-order valence-corrected chi connectivity index (χ4v) is 2.87. The van der Waals surface area contributed by atoms with E-state index in [0.29, 0.717) is 24.2 Å². The molecule has 0 saturated heterocycles. The van der Waals surface area contributed by atoms with Crippen LogP contribution in [0.1, 0.15) is 39.4 Å². The van der Waals surface area contributed by atoms with Gasteiger partial charge < -0.3 is 9.73 Å². The SMILES string of the molecule is CC(C)(C)CC(Br)CNC(=O)CCc1ccco1. The van der Waals surface area contributed by atoms with E-state index < -0.39 is 0 Å². The average Bonchev–Trinajstić information content (AvgIpc) is 2.74. The molecule has 4 heteroatoms. The number of furan rings is 1. The van der Waals surface area contributed by atoms with Gasteiger partial charge in [-0.2, -0.15) is 0 Å². The lowest BCUT2D eigenvalue weighted by Crippen LogP contribution is -2.31. The Morgan fingerprint density at radius 1 is 1.50 bits per heavy atom. The van der Waals surface area contributed by atoms with Crippen LogP contribution in [0.15, 0.2) is 22.8 Å². The largest absolute Gasteiger partial charge is 0.469 e. The van der Waals surface area contributed by atoms with Crippen molar-refractivity contribution in [1.29, 1.82) is 0 Å². The van der Waals surface area contributed by atoms with Gasteiger partial charge in [0.2, 0.25) is 5.91 Å². The number of alkyl halides is 1. The molecule has 0 aromatic carbocycles. The van der Waals surface area contributed by atoms with E-state index in [1.165, 1.54) is 0 Å². The minimum atomic E-state index is 0.0739. The van der Waals surface area contributed by atoms with Gasteiger partial charge in [-0.1, -0.05) is 36.7 Å². The minimum absolute atomic E-state index is 0.0739. The Balaban J connectivity index is 2.17. The van der Waals surface area contributed by atoms with Crippen molar-refractivity contribution in [3.63, 3.8) is 0 Å². The number of halogens is 1. The number of nitrogens with one attached hydrogen (secondary N) is 1. The zero-order chi connectivity index (χ0) is 13.6. The summed E-state index contributed by atoms with van der Waals surface area (Å²) in [6, 6.07) is 3.73. The Labute approximate surface area is 117 Å². The van der Waals surface area contributed by atoms with E-state index in [2.05, 4.69) is 42.0 Å². The lowest BCUT2D eigenvalue weighted by Gasteiger charge is -2.22. The summed E-state index contributed by atoms with van der Waals surface area (Å²) in [5, 5.41) is 2.94. The van der Waals surface area contributed by atoms with Crippen LogP contribution in [0.5, 0.6) is 0 Å².